The van der Waals surface area contributed by atoms with Gasteiger partial charge >= 0.3 is 0 Å². The number of methoxy groups -OCH3 is 2. The smallest absolute Gasteiger partial charge is 0.179 e. The lowest BCUT2D eigenvalue weighted by atomic mass is 9.85. The van der Waals surface area contributed by atoms with E-state index >= 15 is 0 Å². The van der Waals surface area contributed by atoms with Gasteiger partial charge in [0.05, 0.1) is 19.2 Å². The third-order valence-electron chi connectivity index (χ3n) is 3.54. The lowest BCUT2D eigenvalue weighted by Gasteiger charge is -2.25. The molecule has 0 aliphatic heterocycles. The van der Waals surface area contributed by atoms with Gasteiger partial charge in [0.15, 0.2) is 11.5 Å². The van der Waals surface area contributed by atoms with Crippen LogP contribution in [0.4, 0.5) is 0 Å². The van der Waals surface area contributed by atoms with Gasteiger partial charge in [-0.3, -0.25) is 0 Å². The van der Waals surface area contributed by atoms with Gasteiger partial charge in [-0.05, 0) is 36.9 Å². The molecule has 3 nitrogen and oxygen atoms in total. The molecule has 0 spiro atoms. The maximum Gasteiger partial charge on any atom is 0.179 e. The van der Waals surface area contributed by atoms with E-state index in [0.717, 1.165) is 24.6 Å². The zero-order valence-corrected chi connectivity index (χ0v) is 11.7. The molecule has 18 heavy (non-hydrogen) atoms. The highest BCUT2D eigenvalue weighted by molar-refractivity contribution is 6.33. The average Bonchev–Trinajstić information content (AvgIpc) is 2.33. The summed E-state index contributed by atoms with van der Waals surface area (Å²) < 4.78 is 10.5. The monoisotopic (exact) mass is 269 g/mol. The van der Waals surface area contributed by atoms with Crippen molar-refractivity contribution in [3.8, 4) is 11.5 Å². The molecule has 1 aromatic carbocycles. The first kappa shape index (κ1) is 13.5. The number of rotatable bonds is 6. The van der Waals surface area contributed by atoms with Crippen molar-refractivity contribution in [2.75, 3.05) is 20.8 Å². The van der Waals surface area contributed by atoms with E-state index in [9.17, 15) is 0 Å². The Bertz CT molecular complexity index is 405. The van der Waals surface area contributed by atoms with Crippen LogP contribution in [-0.4, -0.2) is 20.8 Å². The molecule has 0 amide bonds. The van der Waals surface area contributed by atoms with Crippen molar-refractivity contribution in [3.05, 3.63) is 22.7 Å². The van der Waals surface area contributed by atoms with Gasteiger partial charge in [0.1, 0.15) is 0 Å². The maximum atomic E-state index is 6.31. The van der Waals surface area contributed by atoms with Crippen molar-refractivity contribution in [1.29, 1.82) is 0 Å². The van der Waals surface area contributed by atoms with E-state index in [1.165, 1.54) is 19.3 Å². The Morgan fingerprint density at radius 2 is 2.06 bits per heavy atom. The van der Waals surface area contributed by atoms with Gasteiger partial charge < -0.3 is 14.8 Å². The highest BCUT2D eigenvalue weighted by atomic mass is 35.5. The topological polar surface area (TPSA) is 30.5 Å². The largest absolute Gasteiger partial charge is 0.493 e. The van der Waals surface area contributed by atoms with E-state index in [1.807, 2.05) is 12.1 Å². The van der Waals surface area contributed by atoms with Crippen LogP contribution < -0.4 is 14.8 Å². The zero-order chi connectivity index (χ0) is 13.0. The molecule has 0 atom stereocenters. The number of halogens is 1. The summed E-state index contributed by atoms with van der Waals surface area (Å²) in [6, 6.07) is 3.88. The van der Waals surface area contributed by atoms with Crippen LogP contribution in [0.2, 0.25) is 5.02 Å². The van der Waals surface area contributed by atoms with Gasteiger partial charge in [0, 0.05) is 6.54 Å². The molecule has 0 aromatic heterocycles. The minimum absolute atomic E-state index is 0.613. The van der Waals surface area contributed by atoms with Crippen molar-refractivity contribution in [2.24, 2.45) is 5.92 Å². The van der Waals surface area contributed by atoms with Crippen molar-refractivity contribution in [3.63, 3.8) is 0 Å². The van der Waals surface area contributed by atoms with Crippen molar-refractivity contribution in [1.82, 2.24) is 5.32 Å². The lowest BCUT2D eigenvalue weighted by Crippen LogP contribution is -2.27. The average molecular weight is 270 g/mol. The van der Waals surface area contributed by atoms with Crippen LogP contribution >= 0.6 is 11.6 Å². The fraction of sp³-hybridized carbons (Fsp3) is 0.571. The molecule has 2 rings (SSSR count). The summed E-state index contributed by atoms with van der Waals surface area (Å²) in [4.78, 5) is 0. The highest BCUT2D eigenvalue weighted by Crippen LogP contribution is 2.37. The Hall–Kier alpha value is -0.930. The van der Waals surface area contributed by atoms with Crippen molar-refractivity contribution < 1.29 is 9.47 Å². The molecule has 1 aliphatic rings. The summed E-state index contributed by atoms with van der Waals surface area (Å²) in [5.41, 5.74) is 1.05. The molecule has 1 aliphatic carbocycles. The Morgan fingerprint density at radius 1 is 1.28 bits per heavy atom. The van der Waals surface area contributed by atoms with Crippen molar-refractivity contribution in [2.45, 2.75) is 25.8 Å². The molecular formula is C14H20ClNO2. The molecule has 0 saturated heterocycles. The second-order valence-corrected chi connectivity index (χ2v) is 5.08. The zero-order valence-electron chi connectivity index (χ0n) is 11.0. The quantitative estimate of drug-likeness (QED) is 0.860. The number of hydrogen-bond donors (Lipinski definition) is 1. The molecule has 0 unspecified atom stereocenters. The molecule has 0 heterocycles. The molecule has 1 N–H and O–H groups in total. The number of ether oxygens (including phenoxy) is 2. The molecule has 0 radical (unpaired) electrons. The first-order valence-corrected chi connectivity index (χ1v) is 6.74. The van der Waals surface area contributed by atoms with Gasteiger partial charge in [-0.1, -0.05) is 24.1 Å². The van der Waals surface area contributed by atoms with Crippen LogP contribution in [0.5, 0.6) is 11.5 Å². The molecule has 1 fully saturated rings. The Morgan fingerprint density at radius 3 is 2.61 bits per heavy atom. The second-order valence-electron chi connectivity index (χ2n) is 4.70. The van der Waals surface area contributed by atoms with Gasteiger partial charge in [-0.2, -0.15) is 0 Å². The van der Waals surface area contributed by atoms with Crippen LogP contribution in [0, 0.1) is 5.92 Å². The number of hydrogen-bond acceptors (Lipinski definition) is 3. The summed E-state index contributed by atoms with van der Waals surface area (Å²) >= 11 is 6.31. The normalized spacial score (nSPS) is 15.3. The molecule has 100 valence electrons. The molecule has 1 saturated carbocycles. The second kappa shape index (κ2) is 6.30. The maximum absolute atomic E-state index is 6.31. The minimum Gasteiger partial charge on any atom is -0.493 e. The SMILES string of the molecule is COc1ccc(CNCC2CCC2)c(Cl)c1OC. The standard InChI is InChI=1S/C14H20ClNO2/c1-17-12-7-6-11(13(15)14(12)18-2)9-16-8-10-4-3-5-10/h6-7,10,16H,3-5,8-9H2,1-2H3. The van der Waals surface area contributed by atoms with E-state index < -0.39 is 0 Å². The third-order valence-corrected chi connectivity index (χ3v) is 3.95. The van der Waals surface area contributed by atoms with Crippen LogP contribution in [0.3, 0.4) is 0 Å². The van der Waals surface area contributed by atoms with Gasteiger partial charge in [0.25, 0.3) is 0 Å². The van der Waals surface area contributed by atoms with Gasteiger partial charge in [-0.15, -0.1) is 0 Å². The van der Waals surface area contributed by atoms with Gasteiger partial charge in [0.2, 0.25) is 0 Å². The van der Waals surface area contributed by atoms with E-state index in [2.05, 4.69) is 5.32 Å². The van der Waals surface area contributed by atoms with Gasteiger partial charge in [-0.25, -0.2) is 0 Å². The van der Waals surface area contributed by atoms with Crippen LogP contribution in [0.25, 0.3) is 0 Å². The minimum atomic E-state index is 0.613. The van der Waals surface area contributed by atoms with E-state index in [4.69, 9.17) is 21.1 Å². The summed E-state index contributed by atoms with van der Waals surface area (Å²) in [5, 5.41) is 4.09. The fourth-order valence-corrected chi connectivity index (χ4v) is 2.47. The van der Waals surface area contributed by atoms with E-state index in [1.54, 1.807) is 14.2 Å². The molecule has 4 heteroatoms. The predicted molar refractivity (Wildman–Crippen MR) is 73.6 cm³/mol. The summed E-state index contributed by atoms with van der Waals surface area (Å²) in [6.07, 6.45) is 4.09. The summed E-state index contributed by atoms with van der Waals surface area (Å²) in [6.45, 7) is 1.85. The highest BCUT2D eigenvalue weighted by Gasteiger charge is 2.17. The van der Waals surface area contributed by atoms with E-state index in [0.29, 0.717) is 16.5 Å². The van der Waals surface area contributed by atoms with Crippen LogP contribution in [0.1, 0.15) is 24.8 Å². The first-order chi connectivity index (χ1) is 8.76. The number of benzene rings is 1. The first-order valence-electron chi connectivity index (χ1n) is 6.36. The van der Waals surface area contributed by atoms with E-state index in [-0.39, 0.29) is 0 Å². The summed E-state index contributed by atoms with van der Waals surface area (Å²) in [5.74, 6) is 2.14. The Balaban J connectivity index is 1.98. The number of nitrogens with one attached hydrogen (secondary N) is 1. The Kier molecular flexibility index (Phi) is 4.72. The Labute approximate surface area is 113 Å². The fourth-order valence-electron chi connectivity index (χ4n) is 2.17. The lowest BCUT2D eigenvalue weighted by molar-refractivity contribution is 0.301. The molecule has 1 aromatic rings. The van der Waals surface area contributed by atoms with Crippen LogP contribution in [-0.2, 0) is 6.54 Å². The third kappa shape index (κ3) is 2.90. The molecule has 0 bridgehead atoms. The predicted octanol–water partition coefficient (Wildman–Crippen LogP) is 3.25. The summed E-state index contributed by atoms with van der Waals surface area (Å²) in [7, 11) is 3.22. The van der Waals surface area contributed by atoms with Crippen molar-refractivity contribution >= 4 is 11.6 Å². The van der Waals surface area contributed by atoms with Crippen LogP contribution in [0.15, 0.2) is 12.1 Å². The molecular weight excluding hydrogens is 250 g/mol.